The lowest BCUT2D eigenvalue weighted by molar-refractivity contribution is 0.373. The van der Waals surface area contributed by atoms with Crippen molar-refractivity contribution in [1.29, 1.82) is 0 Å². The van der Waals surface area contributed by atoms with Crippen molar-refractivity contribution in [2.75, 3.05) is 25.4 Å². The molecule has 0 aromatic heterocycles. The topological polar surface area (TPSA) is 59.6 Å². The maximum Gasteiger partial charge on any atom is 0.145 e. The molecule has 1 aliphatic rings. The van der Waals surface area contributed by atoms with Crippen LogP contribution in [0.3, 0.4) is 0 Å². The van der Waals surface area contributed by atoms with Crippen LogP contribution in [0.1, 0.15) is 0 Å². The molecule has 0 atom stereocenters. The van der Waals surface area contributed by atoms with Gasteiger partial charge in [-0.15, -0.1) is 0 Å². The highest BCUT2D eigenvalue weighted by Gasteiger charge is 2.06. The summed E-state index contributed by atoms with van der Waals surface area (Å²) in [5, 5.41) is 3.14. The Hall–Kier alpha value is -1.23. The number of rotatable bonds is 3. The highest BCUT2D eigenvalue weighted by Crippen LogP contribution is 2.24. The van der Waals surface area contributed by atoms with Crippen molar-refractivity contribution in [3.8, 4) is 5.75 Å². The van der Waals surface area contributed by atoms with Crippen molar-refractivity contribution in [1.82, 2.24) is 5.32 Å². The van der Waals surface area contributed by atoms with E-state index in [4.69, 9.17) is 10.5 Å². The average Bonchev–Trinajstić information content (AvgIpc) is 2.73. The SMILES string of the molecule is Nc1ccc(OCC2=NCCN2)cc1Br. The van der Waals surface area contributed by atoms with Gasteiger partial charge in [-0.05, 0) is 34.1 Å². The van der Waals surface area contributed by atoms with Gasteiger partial charge in [-0.2, -0.15) is 0 Å². The van der Waals surface area contributed by atoms with E-state index in [2.05, 4.69) is 26.2 Å². The van der Waals surface area contributed by atoms with E-state index in [1.54, 1.807) is 0 Å². The van der Waals surface area contributed by atoms with Gasteiger partial charge in [-0.3, -0.25) is 4.99 Å². The van der Waals surface area contributed by atoms with E-state index in [9.17, 15) is 0 Å². The lowest BCUT2D eigenvalue weighted by atomic mass is 10.3. The second-order valence-electron chi connectivity index (χ2n) is 3.23. The molecule has 0 spiro atoms. The van der Waals surface area contributed by atoms with Crippen LogP contribution in [0.25, 0.3) is 0 Å². The minimum Gasteiger partial charge on any atom is -0.486 e. The van der Waals surface area contributed by atoms with Crippen LogP contribution in [-0.2, 0) is 0 Å². The summed E-state index contributed by atoms with van der Waals surface area (Å²) in [4.78, 5) is 4.23. The molecule has 0 amide bonds. The largest absolute Gasteiger partial charge is 0.486 e. The van der Waals surface area contributed by atoms with Gasteiger partial charge >= 0.3 is 0 Å². The Morgan fingerprint density at radius 2 is 2.40 bits per heavy atom. The molecule has 0 radical (unpaired) electrons. The predicted octanol–water partition coefficient (Wildman–Crippen LogP) is 1.41. The first-order chi connectivity index (χ1) is 7.25. The second-order valence-corrected chi connectivity index (χ2v) is 4.08. The summed E-state index contributed by atoms with van der Waals surface area (Å²) in [5.74, 6) is 1.69. The van der Waals surface area contributed by atoms with Crippen molar-refractivity contribution < 1.29 is 4.74 Å². The molecule has 1 heterocycles. The number of nitrogen functional groups attached to an aromatic ring is 1. The standard InChI is InChI=1S/C10H12BrN3O/c11-8-5-7(1-2-9(8)12)15-6-10-13-3-4-14-10/h1-2,5H,3-4,6,12H2,(H,13,14). The molecule has 3 N–H and O–H groups in total. The van der Waals surface area contributed by atoms with E-state index in [0.717, 1.165) is 29.1 Å². The Morgan fingerprint density at radius 1 is 1.53 bits per heavy atom. The summed E-state index contributed by atoms with van der Waals surface area (Å²) in [6.45, 7) is 2.23. The maximum atomic E-state index is 5.67. The highest BCUT2D eigenvalue weighted by molar-refractivity contribution is 9.10. The van der Waals surface area contributed by atoms with Crippen molar-refractivity contribution in [3.63, 3.8) is 0 Å². The van der Waals surface area contributed by atoms with Crippen LogP contribution >= 0.6 is 15.9 Å². The van der Waals surface area contributed by atoms with Gasteiger partial charge in [0.25, 0.3) is 0 Å². The molecule has 80 valence electrons. The zero-order valence-electron chi connectivity index (χ0n) is 8.16. The van der Waals surface area contributed by atoms with Crippen LogP contribution in [0.2, 0.25) is 0 Å². The zero-order chi connectivity index (χ0) is 10.7. The first kappa shape index (κ1) is 10.3. The molecule has 4 nitrogen and oxygen atoms in total. The van der Waals surface area contributed by atoms with E-state index < -0.39 is 0 Å². The number of anilines is 1. The number of nitrogens with zero attached hydrogens (tertiary/aromatic N) is 1. The van der Waals surface area contributed by atoms with E-state index in [-0.39, 0.29) is 0 Å². The fraction of sp³-hybridized carbons (Fsp3) is 0.300. The van der Waals surface area contributed by atoms with Crippen LogP contribution in [0, 0.1) is 0 Å². The molecule has 1 aromatic carbocycles. The fourth-order valence-corrected chi connectivity index (χ4v) is 1.65. The number of amidine groups is 1. The molecule has 15 heavy (non-hydrogen) atoms. The van der Waals surface area contributed by atoms with E-state index in [0.29, 0.717) is 12.3 Å². The number of halogens is 1. The van der Waals surface area contributed by atoms with Gasteiger partial charge in [0, 0.05) is 16.7 Å². The minimum absolute atomic E-state index is 0.482. The Morgan fingerprint density at radius 3 is 3.07 bits per heavy atom. The Bertz CT molecular complexity index is 392. The highest BCUT2D eigenvalue weighted by atomic mass is 79.9. The van der Waals surface area contributed by atoms with Crippen molar-refractivity contribution in [2.24, 2.45) is 4.99 Å². The number of hydrogen-bond donors (Lipinski definition) is 2. The third-order valence-corrected chi connectivity index (χ3v) is 2.78. The molecular formula is C10H12BrN3O. The number of nitrogens with two attached hydrogens (primary N) is 1. The first-order valence-electron chi connectivity index (χ1n) is 4.71. The third kappa shape index (κ3) is 2.62. The summed E-state index contributed by atoms with van der Waals surface area (Å²) >= 11 is 3.35. The molecule has 0 aliphatic carbocycles. The minimum atomic E-state index is 0.482. The Labute approximate surface area is 96.7 Å². The molecule has 0 saturated carbocycles. The summed E-state index contributed by atoms with van der Waals surface area (Å²) < 4.78 is 6.40. The zero-order valence-corrected chi connectivity index (χ0v) is 9.75. The van der Waals surface area contributed by atoms with Crippen LogP contribution in [0.5, 0.6) is 5.75 Å². The molecule has 0 unspecified atom stereocenters. The van der Waals surface area contributed by atoms with Gasteiger partial charge in [-0.1, -0.05) is 0 Å². The normalized spacial score (nSPS) is 14.6. The summed E-state index contributed by atoms with van der Waals surface area (Å²) in [5.41, 5.74) is 6.38. The third-order valence-electron chi connectivity index (χ3n) is 2.09. The fourth-order valence-electron chi connectivity index (χ4n) is 1.29. The lowest BCUT2D eigenvalue weighted by Crippen LogP contribution is -2.24. The molecular weight excluding hydrogens is 258 g/mol. The van der Waals surface area contributed by atoms with Crippen LogP contribution < -0.4 is 15.8 Å². The van der Waals surface area contributed by atoms with Gasteiger partial charge in [-0.25, -0.2) is 0 Å². The van der Waals surface area contributed by atoms with Gasteiger partial charge in [0.1, 0.15) is 18.2 Å². The summed E-state index contributed by atoms with van der Waals surface area (Å²) in [7, 11) is 0. The van der Waals surface area contributed by atoms with E-state index >= 15 is 0 Å². The number of ether oxygens (including phenoxy) is 1. The van der Waals surface area contributed by atoms with Gasteiger partial charge < -0.3 is 15.8 Å². The number of hydrogen-bond acceptors (Lipinski definition) is 4. The molecule has 5 heteroatoms. The molecule has 0 saturated heterocycles. The summed E-state index contributed by atoms with van der Waals surface area (Å²) in [6, 6.07) is 5.50. The Kier molecular flexibility index (Phi) is 3.11. The molecule has 1 aromatic rings. The van der Waals surface area contributed by atoms with Gasteiger partial charge in [0.15, 0.2) is 0 Å². The van der Waals surface area contributed by atoms with E-state index in [1.165, 1.54) is 0 Å². The predicted molar refractivity (Wildman–Crippen MR) is 64.4 cm³/mol. The summed E-state index contributed by atoms with van der Waals surface area (Å²) in [6.07, 6.45) is 0. The van der Waals surface area contributed by atoms with E-state index in [1.807, 2.05) is 18.2 Å². The van der Waals surface area contributed by atoms with Crippen molar-refractivity contribution in [3.05, 3.63) is 22.7 Å². The van der Waals surface area contributed by atoms with Gasteiger partial charge in [0.2, 0.25) is 0 Å². The van der Waals surface area contributed by atoms with Crippen LogP contribution in [-0.4, -0.2) is 25.5 Å². The number of nitrogens with one attached hydrogen (secondary N) is 1. The van der Waals surface area contributed by atoms with Crippen LogP contribution in [0.15, 0.2) is 27.7 Å². The molecule has 0 bridgehead atoms. The lowest BCUT2D eigenvalue weighted by Gasteiger charge is -2.07. The Balaban J connectivity index is 1.96. The van der Waals surface area contributed by atoms with Crippen molar-refractivity contribution in [2.45, 2.75) is 0 Å². The monoisotopic (exact) mass is 269 g/mol. The van der Waals surface area contributed by atoms with Crippen LogP contribution in [0.4, 0.5) is 5.69 Å². The second kappa shape index (κ2) is 4.53. The number of benzene rings is 1. The maximum absolute atomic E-state index is 5.67. The smallest absolute Gasteiger partial charge is 0.145 e. The molecule has 0 fully saturated rings. The quantitative estimate of drug-likeness (QED) is 0.816. The van der Waals surface area contributed by atoms with Gasteiger partial charge in [0.05, 0.1) is 6.54 Å². The first-order valence-corrected chi connectivity index (χ1v) is 5.50. The molecule has 1 aliphatic heterocycles. The molecule has 2 rings (SSSR count). The van der Waals surface area contributed by atoms with Crippen molar-refractivity contribution >= 4 is 27.5 Å². The number of aliphatic imine (C=N–C) groups is 1. The average molecular weight is 270 g/mol.